The number of aryl methyl sites for hydroxylation is 1. The molecule has 0 bridgehead atoms. The zero-order valence-corrected chi connectivity index (χ0v) is 10.3. The van der Waals surface area contributed by atoms with E-state index in [2.05, 4.69) is 43.4 Å². The maximum Gasteiger partial charge on any atom is 0.0475 e. The zero-order chi connectivity index (χ0) is 11.4. The van der Waals surface area contributed by atoms with Gasteiger partial charge in [0.1, 0.15) is 0 Å². The van der Waals surface area contributed by atoms with Crippen LogP contribution in [0.1, 0.15) is 24.5 Å². The van der Waals surface area contributed by atoms with E-state index in [0.29, 0.717) is 5.41 Å². The van der Waals surface area contributed by atoms with Crippen LogP contribution in [0.5, 0.6) is 0 Å². The Bertz CT molecular complexity index is 344. The third-order valence-corrected chi connectivity index (χ3v) is 3.49. The number of ether oxygens (including phenoxy) is 1. The lowest BCUT2D eigenvalue weighted by molar-refractivity contribution is 0.109. The van der Waals surface area contributed by atoms with Crippen LogP contribution < -0.4 is 5.32 Å². The normalized spacial score (nSPS) is 18.1. The van der Waals surface area contributed by atoms with Crippen LogP contribution in [0.3, 0.4) is 0 Å². The van der Waals surface area contributed by atoms with Gasteiger partial charge in [0, 0.05) is 31.7 Å². The quantitative estimate of drug-likeness (QED) is 0.767. The molecule has 0 unspecified atom stereocenters. The van der Waals surface area contributed by atoms with Gasteiger partial charge in [-0.1, -0.05) is 29.8 Å². The molecule has 1 heterocycles. The van der Waals surface area contributed by atoms with E-state index >= 15 is 0 Å². The topological polar surface area (TPSA) is 21.3 Å². The first-order valence-corrected chi connectivity index (χ1v) is 6.12. The highest BCUT2D eigenvalue weighted by Crippen LogP contribution is 2.32. The molecule has 2 rings (SSSR count). The van der Waals surface area contributed by atoms with Gasteiger partial charge >= 0.3 is 0 Å². The highest BCUT2D eigenvalue weighted by atomic mass is 16.5. The SMILES string of the molecule is CCOCCC1(c2cccc(C)c2)CNC1. The summed E-state index contributed by atoms with van der Waals surface area (Å²) < 4.78 is 5.49. The van der Waals surface area contributed by atoms with Crippen molar-refractivity contribution in [3.8, 4) is 0 Å². The van der Waals surface area contributed by atoms with Gasteiger partial charge in [0.2, 0.25) is 0 Å². The van der Waals surface area contributed by atoms with Gasteiger partial charge in [0.15, 0.2) is 0 Å². The summed E-state index contributed by atoms with van der Waals surface area (Å²) in [4.78, 5) is 0. The second-order valence-electron chi connectivity index (χ2n) is 4.70. The molecule has 1 fully saturated rings. The van der Waals surface area contributed by atoms with Gasteiger partial charge in [0.25, 0.3) is 0 Å². The van der Waals surface area contributed by atoms with Crippen LogP contribution in [0.15, 0.2) is 24.3 Å². The fourth-order valence-corrected chi connectivity index (χ4v) is 2.34. The van der Waals surface area contributed by atoms with Gasteiger partial charge in [0.05, 0.1) is 0 Å². The van der Waals surface area contributed by atoms with Crippen LogP contribution in [0.4, 0.5) is 0 Å². The molecule has 2 heteroatoms. The second kappa shape index (κ2) is 4.98. The smallest absolute Gasteiger partial charge is 0.0475 e. The van der Waals surface area contributed by atoms with Crippen molar-refractivity contribution in [3.63, 3.8) is 0 Å². The van der Waals surface area contributed by atoms with Crippen LogP contribution >= 0.6 is 0 Å². The highest BCUT2D eigenvalue weighted by Gasteiger charge is 2.38. The van der Waals surface area contributed by atoms with E-state index in [0.717, 1.165) is 32.7 Å². The molecule has 0 atom stereocenters. The van der Waals surface area contributed by atoms with Gasteiger partial charge in [-0.05, 0) is 25.8 Å². The van der Waals surface area contributed by atoms with Crippen LogP contribution in [0.2, 0.25) is 0 Å². The van der Waals surface area contributed by atoms with Crippen LogP contribution in [0, 0.1) is 6.92 Å². The third-order valence-electron chi connectivity index (χ3n) is 3.49. The molecule has 0 radical (unpaired) electrons. The Morgan fingerprint density at radius 2 is 2.19 bits per heavy atom. The van der Waals surface area contributed by atoms with E-state index in [-0.39, 0.29) is 0 Å². The Hall–Kier alpha value is -0.860. The minimum absolute atomic E-state index is 0.321. The van der Waals surface area contributed by atoms with Crippen LogP contribution in [-0.4, -0.2) is 26.3 Å². The van der Waals surface area contributed by atoms with Crippen molar-refractivity contribution >= 4 is 0 Å². The third kappa shape index (κ3) is 2.28. The van der Waals surface area contributed by atoms with Gasteiger partial charge in [-0.15, -0.1) is 0 Å². The molecular formula is C14H21NO. The highest BCUT2D eigenvalue weighted by molar-refractivity contribution is 5.33. The van der Waals surface area contributed by atoms with Crippen LogP contribution in [0.25, 0.3) is 0 Å². The Kier molecular flexibility index (Phi) is 3.62. The fraction of sp³-hybridized carbons (Fsp3) is 0.571. The van der Waals surface area contributed by atoms with E-state index in [9.17, 15) is 0 Å². The molecule has 0 amide bonds. The van der Waals surface area contributed by atoms with Gasteiger partial charge in [-0.3, -0.25) is 0 Å². The molecule has 88 valence electrons. The minimum atomic E-state index is 0.321. The number of rotatable bonds is 5. The van der Waals surface area contributed by atoms with Crippen molar-refractivity contribution in [2.75, 3.05) is 26.3 Å². The number of benzene rings is 1. The largest absolute Gasteiger partial charge is 0.382 e. The van der Waals surface area contributed by atoms with Crippen molar-refractivity contribution < 1.29 is 4.74 Å². The van der Waals surface area contributed by atoms with E-state index in [4.69, 9.17) is 4.74 Å². The lowest BCUT2D eigenvalue weighted by Crippen LogP contribution is -2.57. The fourth-order valence-electron chi connectivity index (χ4n) is 2.34. The summed E-state index contributed by atoms with van der Waals surface area (Å²) >= 11 is 0. The molecule has 1 aromatic carbocycles. The molecule has 1 aliphatic rings. The summed E-state index contributed by atoms with van der Waals surface area (Å²) in [5, 5.41) is 3.39. The zero-order valence-electron chi connectivity index (χ0n) is 10.3. The molecular weight excluding hydrogens is 198 g/mol. The molecule has 1 saturated heterocycles. The lowest BCUT2D eigenvalue weighted by Gasteiger charge is -2.43. The van der Waals surface area contributed by atoms with Gasteiger partial charge in [-0.2, -0.15) is 0 Å². The lowest BCUT2D eigenvalue weighted by atomic mass is 9.72. The summed E-state index contributed by atoms with van der Waals surface area (Å²) in [6, 6.07) is 8.88. The molecule has 1 aromatic rings. The molecule has 1 aliphatic heterocycles. The first-order chi connectivity index (χ1) is 7.77. The molecule has 16 heavy (non-hydrogen) atoms. The predicted molar refractivity (Wildman–Crippen MR) is 66.8 cm³/mol. The summed E-state index contributed by atoms with van der Waals surface area (Å²) in [7, 11) is 0. The van der Waals surface area contributed by atoms with Gasteiger partial charge in [-0.25, -0.2) is 0 Å². The summed E-state index contributed by atoms with van der Waals surface area (Å²) in [6.45, 7) is 8.07. The van der Waals surface area contributed by atoms with Crippen LogP contribution in [-0.2, 0) is 10.2 Å². The van der Waals surface area contributed by atoms with Crippen molar-refractivity contribution in [2.24, 2.45) is 0 Å². The minimum Gasteiger partial charge on any atom is -0.382 e. The first-order valence-electron chi connectivity index (χ1n) is 6.12. The monoisotopic (exact) mass is 219 g/mol. The van der Waals surface area contributed by atoms with E-state index in [1.54, 1.807) is 0 Å². The standard InChI is InChI=1S/C14H21NO/c1-3-16-8-7-14(10-15-11-14)13-6-4-5-12(2)9-13/h4-6,9,15H,3,7-8,10-11H2,1-2H3. The Morgan fingerprint density at radius 3 is 2.75 bits per heavy atom. The Morgan fingerprint density at radius 1 is 1.38 bits per heavy atom. The van der Waals surface area contributed by atoms with Gasteiger partial charge < -0.3 is 10.1 Å². The Balaban J connectivity index is 2.08. The number of hydrogen-bond donors (Lipinski definition) is 1. The van der Waals surface area contributed by atoms with Crippen molar-refractivity contribution in [2.45, 2.75) is 25.7 Å². The average molecular weight is 219 g/mol. The second-order valence-corrected chi connectivity index (χ2v) is 4.70. The summed E-state index contributed by atoms with van der Waals surface area (Å²) in [5.74, 6) is 0. The first kappa shape index (κ1) is 11.6. The maximum absolute atomic E-state index is 5.49. The van der Waals surface area contributed by atoms with Crippen molar-refractivity contribution in [3.05, 3.63) is 35.4 Å². The number of nitrogens with one attached hydrogen (secondary N) is 1. The molecule has 0 aliphatic carbocycles. The molecule has 0 saturated carbocycles. The average Bonchev–Trinajstić information content (AvgIpc) is 2.22. The summed E-state index contributed by atoms with van der Waals surface area (Å²) in [6.07, 6.45) is 1.12. The van der Waals surface area contributed by atoms with E-state index in [1.807, 2.05) is 0 Å². The molecule has 0 aromatic heterocycles. The molecule has 0 spiro atoms. The van der Waals surface area contributed by atoms with E-state index in [1.165, 1.54) is 11.1 Å². The van der Waals surface area contributed by atoms with Crippen molar-refractivity contribution in [1.82, 2.24) is 5.32 Å². The predicted octanol–water partition coefficient (Wildman–Crippen LogP) is 2.26. The molecule has 1 N–H and O–H groups in total. The summed E-state index contributed by atoms with van der Waals surface area (Å²) in [5.41, 5.74) is 3.13. The maximum atomic E-state index is 5.49. The number of hydrogen-bond acceptors (Lipinski definition) is 2. The molecule has 2 nitrogen and oxygen atoms in total. The van der Waals surface area contributed by atoms with E-state index < -0.39 is 0 Å². The Labute approximate surface area is 98.0 Å². The van der Waals surface area contributed by atoms with Crippen molar-refractivity contribution in [1.29, 1.82) is 0 Å².